The summed E-state index contributed by atoms with van der Waals surface area (Å²) in [5.41, 5.74) is 1.72. The Morgan fingerprint density at radius 3 is 2.56 bits per heavy atom. The number of nitrogens with one attached hydrogen (secondary N) is 1. The smallest absolute Gasteiger partial charge is 0.272 e. The third-order valence-corrected chi connectivity index (χ3v) is 2.65. The summed E-state index contributed by atoms with van der Waals surface area (Å²) in [6.45, 7) is 0.596. The Morgan fingerprint density at radius 1 is 1.17 bits per heavy atom. The van der Waals surface area contributed by atoms with Gasteiger partial charge in [0.2, 0.25) is 0 Å². The third-order valence-electron chi connectivity index (χ3n) is 2.43. The monoisotopic (exact) mass is 262 g/mol. The number of hydrogen-bond donors (Lipinski definition) is 1. The Bertz CT molecular complexity index is 558. The van der Waals surface area contributed by atoms with Crippen molar-refractivity contribution in [3.63, 3.8) is 0 Å². The molecule has 18 heavy (non-hydrogen) atoms. The molecule has 92 valence electrons. The minimum absolute atomic E-state index is 0.0157. The van der Waals surface area contributed by atoms with E-state index in [1.807, 2.05) is 30.3 Å². The molecule has 0 aliphatic heterocycles. The number of halogens is 1. The van der Waals surface area contributed by atoms with Crippen molar-refractivity contribution in [2.24, 2.45) is 0 Å². The maximum absolute atomic E-state index is 10.7. The fourth-order valence-electron chi connectivity index (χ4n) is 1.58. The molecule has 0 aliphatic carbocycles. The fraction of sp³-hybridized carbons (Fsp3) is 0.0769. The van der Waals surface area contributed by atoms with E-state index in [-0.39, 0.29) is 5.69 Å². The van der Waals surface area contributed by atoms with Crippen molar-refractivity contribution in [3.05, 3.63) is 69.2 Å². The Balaban J connectivity index is 2.12. The Hall–Kier alpha value is -2.07. The molecule has 2 aromatic rings. The van der Waals surface area contributed by atoms with E-state index in [0.717, 1.165) is 5.56 Å². The van der Waals surface area contributed by atoms with Crippen LogP contribution in [0.1, 0.15) is 5.56 Å². The van der Waals surface area contributed by atoms with E-state index in [4.69, 9.17) is 11.6 Å². The summed E-state index contributed by atoms with van der Waals surface area (Å²) in [6, 6.07) is 14.2. The summed E-state index contributed by atoms with van der Waals surface area (Å²) in [7, 11) is 0. The zero-order valence-corrected chi connectivity index (χ0v) is 10.2. The van der Waals surface area contributed by atoms with Gasteiger partial charge >= 0.3 is 0 Å². The number of anilines is 1. The molecule has 0 spiro atoms. The highest BCUT2D eigenvalue weighted by Crippen LogP contribution is 2.24. The molecule has 5 heteroatoms. The first-order chi connectivity index (χ1) is 8.65. The van der Waals surface area contributed by atoms with Crippen molar-refractivity contribution < 1.29 is 4.92 Å². The lowest BCUT2D eigenvalue weighted by Crippen LogP contribution is -1.99. The third kappa shape index (κ3) is 3.21. The SMILES string of the molecule is O=[N+]([O-])c1cc(Cl)cc(NCc2ccccc2)c1. The van der Waals surface area contributed by atoms with E-state index in [2.05, 4.69) is 5.32 Å². The molecular weight excluding hydrogens is 252 g/mol. The van der Waals surface area contributed by atoms with Crippen molar-refractivity contribution in [1.29, 1.82) is 0 Å². The molecule has 1 N–H and O–H groups in total. The molecule has 0 bridgehead atoms. The first kappa shape index (κ1) is 12.4. The van der Waals surface area contributed by atoms with E-state index in [9.17, 15) is 10.1 Å². The summed E-state index contributed by atoms with van der Waals surface area (Å²) in [5.74, 6) is 0. The molecule has 0 unspecified atom stereocenters. The highest BCUT2D eigenvalue weighted by atomic mass is 35.5. The van der Waals surface area contributed by atoms with Gasteiger partial charge in [-0.1, -0.05) is 41.9 Å². The van der Waals surface area contributed by atoms with Gasteiger partial charge in [0.15, 0.2) is 0 Å². The van der Waals surface area contributed by atoms with Crippen LogP contribution in [0, 0.1) is 10.1 Å². The number of benzene rings is 2. The van der Waals surface area contributed by atoms with E-state index >= 15 is 0 Å². The molecule has 0 atom stereocenters. The van der Waals surface area contributed by atoms with Crippen molar-refractivity contribution in [2.45, 2.75) is 6.54 Å². The Morgan fingerprint density at radius 2 is 1.89 bits per heavy atom. The van der Waals surface area contributed by atoms with Gasteiger partial charge in [0.25, 0.3) is 5.69 Å². The lowest BCUT2D eigenvalue weighted by Gasteiger charge is -2.06. The van der Waals surface area contributed by atoms with Crippen LogP contribution in [0.15, 0.2) is 48.5 Å². The summed E-state index contributed by atoms with van der Waals surface area (Å²) in [4.78, 5) is 10.2. The van der Waals surface area contributed by atoms with Crippen molar-refractivity contribution in [3.8, 4) is 0 Å². The second-order valence-corrected chi connectivity index (χ2v) is 4.23. The first-order valence-corrected chi connectivity index (χ1v) is 5.76. The number of rotatable bonds is 4. The zero-order chi connectivity index (χ0) is 13.0. The summed E-state index contributed by atoms with van der Waals surface area (Å²) < 4.78 is 0. The van der Waals surface area contributed by atoms with Gasteiger partial charge in [-0.15, -0.1) is 0 Å². The number of non-ortho nitro benzene ring substituents is 1. The van der Waals surface area contributed by atoms with Crippen LogP contribution in [0.2, 0.25) is 5.02 Å². The second-order valence-electron chi connectivity index (χ2n) is 3.79. The van der Waals surface area contributed by atoms with Crippen molar-refractivity contribution in [1.82, 2.24) is 0 Å². The summed E-state index contributed by atoms with van der Waals surface area (Å²) in [6.07, 6.45) is 0. The molecule has 0 amide bonds. The molecule has 2 rings (SSSR count). The largest absolute Gasteiger partial charge is 0.381 e. The van der Waals surface area contributed by atoms with E-state index in [1.54, 1.807) is 6.07 Å². The van der Waals surface area contributed by atoms with Crippen LogP contribution >= 0.6 is 11.6 Å². The van der Waals surface area contributed by atoms with Crippen molar-refractivity contribution >= 4 is 23.0 Å². The predicted molar refractivity (Wildman–Crippen MR) is 71.9 cm³/mol. The molecule has 2 aromatic carbocycles. The molecule has 0 radical (unpaired) electrons. The average molecular weight is 263 g/mol. The van der Waals surface area contributed by atoms with Crippen LogP contribution in [0.5, 0.6) is 0 Å². The molecule has 0 saturated heterocycles. The molecular formula is C13H11ClN2O2. The first-order valence-electron chi connectivity index (χ1n) is 5.38. The average Bonchev–Trinajstić information content (AvgIpc) is 2.37. The number of hydrogen-bond acceptors (Lipinski definition) is 3. The lowest BCUT2D eigenvalue weighted by atomic mass is 10.2. The Kier molecular flexibility index (Phi) is 3.79. The molecule has 0 aromatic heterocycles. The van der Waals surface area contributed by atoms with Gasteiger partial charge in [0, 0.05) is 29.4 Å². The van der Waals surface area contributed by atoms with Crippen LogP contribution < -0.4 is 5.32 Å². The quantitative estimate of drug-likeness (QED) is 0.672. The molecule has 0 aliphatic rings. The topological polar surface area (TPSA) is 55.2 Å². The second kappa shape index (κ2) is 5.51. The van der Waals surface area contributed by atoms with E-state index in [0.29, 0.717) is 17.3 Å². The van der Waals surface area contributed by atoms with Gasteiger partial charge in [-0.25, -0.2) is 0 Å². The van der Waals surface area contributed by atoms with Gasteiger partial charge in [-0.05, 0) is 11.6 Å². The normalized spacial score (nSPS) is 10.1. The van der Waals surface area contributed by atoms with E-state index in [1.165, 1.54) is 12.1 Å². The maximum atomic E-state index is 10.7. The number of nitrogens with zero attached hydrogens (tertiary/aromatic N) is 1. The van der Waals surface area contributed by atoms with Crippen LogP contribution in [-0.4, -0.2) is 4.92 Å². The maximum Gasteiger partial charge on any atom is 0.272 e. The van der Waals surface area contributed by atoms with E-state index < -0.39 is 4.92 Å². The van der Waals surface area contributed by atoms with Crippen LogP contribution in [-0.2, 0) is 6.54 Å². The molecule has 0 fully saturated rings. The number of nitro benzene ring substituents is 1. The van der Waals surface area contributed by atoms with Gasteiger partial charge in [0.1, 0.15) is 0 Å². The highest BCUT2D eigenvalue weighted by Gasteiger charge is 2.08. The summed E-state index contributed by atoms with van der Waals surface area (Å²) >= 11 is 5.83. The Labute approximate surface area is 109 Å². The van der Waals surface area contributed by atoms with Crippen LogP contribution in [0.25, 0.3) is 0 Å². The minimum Gasteiger partial charge on any atom is -0.381 e. The van der Waals surface area contributed by atoms with Gasteiger partial charge in [-0.3, -0.25) is 10.1 Å². The van der Waals surface area contributed by atoms with Crippen LogP contribution in [0.3, 0.4) is 0 Å². The van der Waals surface area contributed by atoms with Gasteiger partial charge in [-0.2, -0.15) is 0 Å². The molecule has 0 saturated carbocycles. The minimum atomic E-state index is -0.459. The lowest BCUT2D eigenvalue weighted by molar-refractivity contribution is -0.384. The number of nitro groups is 1. The summed E-state index contributed by atoms with van der Waals surface area (Å²) in [5, 5.41) is 14.2. The van der Waals surface area contributed by atoms with Crippen LogP contribution in [0.4, 0.5) is 11.4 Å². The highest BCUT2D eigenvalue weighted by molar-refractivity contribution is 6.31. The zero-order valence-electron chi connectivity index (χ0n) is 9.47. The standard InChI is InChI=1S/C13H11ClN2O2/c14-11-6-12(8-13(7-11)16(17)18)15-9-10-4-2-1-3-5-10/h1-8,15H,9H2. The predicted octanol–water partition coefficient (Wildman–Crippen LogP) is 3.86. The van der Waals surface area contributed by atoms with Crippen molar-refractivity contribution in [2.75, 3.05) is 5.32 Å². The molecule has 4 nitrogen and oxygen atoms in total. The fourth-order valence-corrected chi connectivity index (χ4v) is 1.81. The van der Waals surface area contributed by atoms with Gasteiger partial charge in [0.05, 0.1) is 4.92 Å². The van der Waals surface area contributed by atoms with Gasteiger partial charge < -0.3 is 5.32 Å². The molecule has 0 heterocycles.